The fourth-order valence-corrected chi connectivity index (χ4v) is 3.93. The van der Waals surface area contributed by atoms with E-state index in [0.29, 0.717) is 22.3 Å². The van der Waals surface area contributed by atoms with Crippen LogP contribution in [-0.4, -0.2) is 42.1 Å². The minimum Gasteiger partial charge on any atom is -0.462 e. The van der Waals surface area contributed by atoms with E-state index in [1.54, 1.807) is 13.0 Å². The van der Waals surface area contributed by atoms with Crippen LogP contribution in [0, 0.1) is 13.5 Å². The number of quaternary nitrogens is 1. The fourth-order valence-electron chi connectivity index (χ4n) is 3.93. The predicted molar refractivity (Wildman–Crippen MR) is 108 cm³/mol. The molecule has 1 amide bonds. The Morgan fingerprint density at radius 1 is 1.22 bits per heavy atom. The molecule has 1 aromatic carbocycles. The summed E-state index contributed by atoms with van der Waals surface area (Å²) in [5.74, 6) is -0.449. The van der Waals surface area contributed by atoms with E-state index < -0.39 is 5.97 Å². The van der Waals surface area contributed by atoms with Gasteiger partial charge in [-0.2, -0.15) is 0 Å². The highest BCUT2D eigenvalue weighted by Crippen LogP contribution is 2.27. The van der Waals surface area contributed by atoms with Gasteiger partial charge in [-0.3, -0.25) is 4.79 Å². The minimum atomic E-state index is -0.402. The van der Waals surface area contributed by atoms with E-state index in [1.165, 1.54) is 19.3 Å². The number of amides is 1. The number of nitrogens with zero attached hydrogens (tertiary/aromatic N) is 1. The lowest BCUT2D eigenvalue weighted by atomic mass is 10.0. The summed E-state index contributed by atoms with van der Waals surface area (Å²) in [4.78, 5) is 25.5. The number of aryl methyl sites for hydroxylation is 1. The molecule has 150 valence electrons. The fraction of sp³-hybridized carbons (Fsp3) is 0.591. The van der Waals surface area contributed by atoms with Crippen molar-refractivity contribution < 1.29 is 18.8 Å². The van der Waals surface area contributed by atoms with Gasteiger partial charge < -0.3 is 14.5 Å². The molecule has 27 heavy (non-hydrogen) atoms. The third-order valence-electron chi connectivity index (χ3n) is 5.78. The van der Waals surface area contributed by atoms with Gasteiger partial charge in [0.25, 0.3) is 5.91 Å². The van der Waals surface area contributed by atoms with Gasteiger partial charge in [-0.05, 0) is 52.2 Å². The first-order valence-electron chi connectivity index (χ1n) is 10.2. The summed E-state index contributed by atoms with van der Waals surface area (Å²) in [6.45, 7) is 12.3. The number of benzene rings is 1. The Balaban J connectivity index is 2.23. The zero-order valence-corrected chi connectivity index (χ0v) is 17.2. The maximum atomic E-state index is 13.2. The average molecular weight is 375 g/mol. The molecule has 0 aliphatic carbocycles. The Morgan fingerprint density at radius 3 is 2.67 bits per heavy atom. The number of likely N-dealkylation sites (tertiary alicyclic amines) is 1. The van der Waals surface area contributed by atoms with Crippen molar-refractivity contribution in [2.45, 2.75) is 65.8 Å². The first-order valence-corrected chi connectivity index (χ1v) is 10.2. The van der Waals surface area contributed by atoms with Crippen LogP contribution in [0.3, 0.4) is 0 Å². The molecule has 0 saturated carbocycles. The molecule has 1 N–H and O–H groups in total. The van der Waals surface area contributed by atoms with Crippen molar-refractivity contribution in [2.24, 2.45) is 0 Å². The van der Waals surface area contributed by atoms with Gasteiger partial charge in [0, 0.05) is 0 Å². The van der Waals surface area contributed by atoms with Gasteiger partial charge in [0.1, 0.15) is 6.04 Å². The van der Waals surface area contributed by atoms with Crippen molar-refractivity contribution in [1.29, 1.82) is 0 Å². The molecule has 1 aliphatic rings. The van der Waals surface area contributed by atoms with Crippen LogP contribution in [-0.2, 0) is 9.53 Å². The van der Waals surface area contributed by atoms with Crippen molar-refractivity contribution in [3.8, 4) is 0 Å². The molecular formula is C22H34N2O3. The number of esters is 1. The summed E-state index contributed by atoms with van der Waals surface area (Å²) >= 11 is 0. The SMILES string of the molecule is CCOC(=O)c1cccc(C)c1NC(=O)C(C)[N+]1(CC)[CH-]CCCCCC1. The lowest BCUT2D eigenvalue weighted by Gasteiger charge is -2.51. The lowest BCUT2D eigenvalue weighted by Crippen LogP contribution is -2.57. The molecule has 5 nitrogen and oxygen atoms in total. The second kappa shape index (κ2) is 9.88. The summed E-state index contributed by atoms with van der Waals surface area (Å²) in [5.41, 5.74) is 1.84. The number of likely N-dealkylation sites (N-methyl/N-ethyl adjacent to an activating group) is 1. The molecule has 2 rings (SSSR count). The minimum absolute atomic E-state index is 0.0477. The molecule has 1 saturated heterocycles. The number of nitrogens with one attached hydrogen (secondary N) is 1. The molecule has 0 aromatic heterocycles. The third kappa shape index (κ3) is 5.10. The smallest absolute Gasteiger partial charge is 0.340 e. The van der Waals surface area contributed by atoms with Crippen molar-refractivity contribution in [3.63, 3.8) is 0 Å². The van der Waals surface area contributed by atoms with Crippen LogP contribution in [0.4, 0.5) is 5.69 Å². The van der Waals surface area contributed by atoms with E-state index in [4.69, 9.17) is 4.74 Å². The topological polar surface area (TPSA) is 55.4 Å². The molecule has 1 aliphatic heterocycles. The van der Waals surface area contributed by atoms with E-state index in [2.05, 4.69) is 18.8 Å². The van der Waals surface area contributed by atoms with Crippen molar-refractivity contribution in [1.82, 2.24) is 0 Å². The van der Waals surface area contributed by atoms with Gasteiger partial charge in [-0.1, -0.05) is 25.0 Å². The van der Waals surface area contributed by atoms with Gasteiger partial charge in [0.05, 0.1) is 30.9 Å². The molecule has 1 fully saturated rings. The summed E-state index contributed by atoms with van der Waals surface area (Å²) < 4.78 is 5.85. The molecule has 1 heterocycles. The normalized spacial score (nSPS) is 21.6. The molecule has 0 bridgehead atoms. The molecule has 0 spiro atoms. The maximum absolute atomic E-state index is 13.2. The Kier molecular flexibility index (Phi) is 7.84. The Labute approximate surface area is 163 Å². The Hall–Kier alpha value is -1.88. The third-order valence-corrected chi connectivity index (χ3v) is 5.78. The van der Waals surface area contributed by atoms with E-state index >= 15 is 0 Å². The van der Waals surface area contributed by atoms with Gasteiger partial charge in [0.15, 0.2) is 0 Å². The number of para-hydroxylation sites is 1. The van der Waals surface area contributed by atoms with Gasteiger partial charge >= 0.3 is 5.97 Å². The van der Waals surface area contributed by atoms with Crippen LogP contribution in [0.15, 0.2) is 18.2 Å². The van der Waals surface area contributed by atoms with E-state index in [0.717, 1.165) is 31.5 Å². The standard InChI is InChI=1S/C22H34N2O3/c1-5-24(15-10-8-7-9-11-16-24)18(4)21(25)23-20-17(3)13-12-14-19(20)22(26)27-6-2/h12-15,18H,5-11,16H2,1-4H3,(H,23,25). The number of hydrogen-bond acceptors (Lipinski definition) is 3. The Bertz CT molecular complexity index is 649. The number of carbonyl (C=O) groups excluding carboxylic acids is 2. The van der Waals surface area contributed by atoms with E-state index in [-0.39, 0.29) is 11.9 Å². The largest absolute Gasteiger partial charge is 0.462 e. The average Bonchev–Trinajstić information content (AvgIpc) is 2.63. The summed E-state index contributed by atoms with van der Waals surface area (Å²) in [7, 11) is 0. The molecular weight excluding hydrogens is 340 g/mol. The Morgan fingerprint density at radius 2 is 1.96 bits per heavy atom. The van der Waals surface area contributed by atoms with Crippen LogP contribution in [0.5, 0.6) is 0 Å². The quantitative estimate of drug-likeness (QED) is 0.454. The maximum Gasteiger partial charge on any atom is 0.340 e. The van der Waals surface area contributed by atoms with Crippen LogP contribution < -0.4 is 5.32 Å². The molecule has 1 aromatic rings. The second-order valence-electron chi connectivity index (χ2n) is 7.41. The second-order valence-corrected chi connectivity index (χ2v) is 7.41. The zero-order valence-electron chi connectivity index (χ0n) is 17.2. The predicted octanol–water partition coefficient (Wildman–Crippen LogP) is 4.46. The first-order chi connectivity index (χ1) is 12.9. The highest BCUT2D eigenvalue weighted by molar-refractivity contribution is 6.03. The number of rotatable bonds is 6. The van der Waals surface area contributed by atoms with Gasteiger partial charge in [0.2, 0.25) is 0 Å². The van der Waals surface area contributed by atoms with Crippen LogP contribution in [0.2, 0.25) is 0 Å². The van der Waals surface area contributed by atoms with Crippen molar-refractivity contribution in [2.75, 3.05) is 25.0 Å². The zero-order chi connectivity index (χ0) is 19.9. The van der Waals surface area contributed by atoms with Crippen LogP contribution >= 0.6 is 0 Å². The van der Waals surface area contributed by atoms with E-state index in [1.807, 2.05) is 26.0 Å². The molecule has 2 unspecified atom stereocenters. The lowest BCUT2D eigenvalue weighted by molar-refractivity contribution is -0.912. The highest BCUT2D eigenvalue weighted by Gasteiger charge is 2.32. The summed E-state index contributed by atoms with van der Waals surface area (Å²) in [6, 6.07) is 5.21. The number of anilines is 1. The van der Waals surface area contributed by atoms with E-state index in [9.17, 15) is 9.59 Å². The molecule has 2 atom stereocenters. The first kappa shape index (κ1) is 21.4. The molecule has 5 heteroatoms. The number of carbonyl (C=O) groups is 2. The van der Waals surface area contributed by atoms with Crippen molar-refractivity contribution in [3.05, 3.63) is 35.9 Å². The van der Waals surface area contributed by atoms with Crippen molar-refractivity contribution >= 4 is 17.6 Å². The number of ether oxygens (including phenoxy) is 1. The van der Waals surface area contributed by atoms with Crippen LogP contribution in [0.25, 0.3) is 0 Å². The number of hydrogen-bond donors (Lipinski definition) is 1. The van der Waals surface area contributed by atoms with Crippen LogP contribution in [0.1, 0.15) is 68.8 Å². The molecule has 0 radical (unpaired) electrons. The summed E-state index contributed by atoms with van der Waals surface area (Å²) in [5, 5.41) is 3.03. The van der Waals surface area contributed by atoms with Gasteiger partial charge in [-0.25, -0.2) is 4.79 Å². The summed E-state index contributed by atoms with van der Waals surface area (Å²) in [6.07, 6.45) is 5.88. The monoisotopic (exact) mass is 374 g/mol. The van der Waals surface area contributed by atoms with Gasteiger partial charge in [-0.15, -0.1) is 13.0 Å². The highest BCUT2D eigenvalue weighted by atomic mass is 16.5.